The molecule has 0 bridgehead atoms. The van der Waals surface area contributed by atoms with Crippen molar-refractivity contribution in [1.82, 2.24) is 0 Å². The van der Waals surface area contributed by atoms with Crippen LogP contribution in [0.3, 0.4) is 0 Å². The molecule has 2 N–H and O–H groups in total. The predicted molar refractivity (Wildman–Crippen MR) is 63.3 cm³/mol. The number of carbonyl (C=O) groups excluding carboxylic acids is 1. The van der Waals surface area contributed by atoms with Crippen molar-refractivity contribution in [3.05, 3.63) is 47.7 Å². The number of carbonyl (C=O) groups is 1. The molecule has 16 heavy (non-hydrogen) atoms. The van der Waals surface area contributed by atoms with Gasteiger partial charge in [-0.25, -0.2) is 4.79 Å². The van der Waals surface area contributed by atoms with Crippen LogP contribution >= 0.6 is 0 Å². The standard InChI is InChI=1S/C13H17NO2/c1-10(2)12(14)8-13(15)16-9-11-6-4-3-5-7-11/h3-8,10H,9,14H2,1-2H3. The first-order valence-electron chi connectivity index (χ1n) is 5.27. The number of hydrogen-bond acceptors (Lipinski definition) is 3. The van der Waals surface area contributed by atoms with E-state index in [0.717, 1.165) is 5.56 Å². The summed E-state index contributed by atoms with van der Waals surface area (Å²) in [5.74, 6) is -0.237. The average molecular weight is 219 g/mol. The molecule has 1 aromatic carbocycles. The number of rotatable bonds is 4. The molecule has 1 rings (SSSR count). The van der Waals surface area contributed by atoms with Crippen LogP contribution in [0.25, 0.3) is 0 Å². The van der Waals surface area contributed by atoms with Gasteiger partial charge in [0.1, 0.15) is 6.61 Å². The molecule has 0 heterocycles. The van der Waals surface area contributed by atoms with Crippen molar-refractivity contribution < 1.29 is 9.53 Å². The molecule has 0 aliphatic heterocycles. The minimum absolute atomic E-state index is 0.157. The normalized spacial score (nSPS) is 11.6. The summed E-state index contributed by atoms with van der Waals surface area (Å²) in [6, 6.07) is 9.54. The second kappa shape index (κ2) is 5.95. The molecule has 3 heteroatoms. The summed E-state index contributed by atoms with van der Waals surface area (Å²) in [5, 5.41) is 0. The number of hydrogen-bond donors (Lipinski definition) is 1. The van der Waals surface area contributed by atoms with Gasteiger partial charge < -0.3 is 10.5 Å². The molecule has 0 atom stereocenters. The van der Waals surface area contributed by atoms with E-state index >= 15 is 0 Å². The van der Waals surface area contributed by atoms with Crippen LogP contribution in [0.1, 0.15) is 19.4 Å². The van der Waals surface area contributed by atoms with Crippen LogP contribution in [0.2, 0.25) is 0 Å². The smallest absolute Gasteiger partial charge is 0.332 e. The van der Waals surface area contributed by atoms with Gasteiger partial charge in [0.05, 0.1) is 0 Å². The van der Waals surface area contributed by atoms with Crippen LogP contribution in [0.4, 0.5) is 0 Å². The summed E-state index contributed by atoms with van der Waals surface area (Å²) in [6.45, 7) is 4.13. The Morgan fingerprint density at radius 1 is 1.38 bits per heavy atom. The van der Waals surface area contributed by atoms with Crippen LogP contribution < -0.4 is 5.73 Å². The highest BCUT2D eigenvalue weighted by atomic mass is 16.5. The van der Waals surface area contributed by atoms with Crippen molar-refractivity contribution in [2.45, 2.75) is 20.5 Å². The molecule has 0 unspecified atom stereocenters. The van der Waals surface area contributed by atoms with Gasteiger partial charge in [-0.1, -0.05) is 44.2 Å². The molecule has 0 saturated carbocycles. The fraction of sp³-hybridized carbons (Fsp3) is 0.308. The Labute approximate surface area is 95.9 Å². The molecule has 0 fully saturated rings. The maximum atomic E-state index is 11.4. The second-order valence-corrected chi connectivity index (χ2v) is 3.89. The minimum atomic E-state index is -0.393. The quantitative estimate of drug-likeness (QED) is 0.624. The van der Waals surface area contributed by atoms with E-state index in [2.05, 4.69) is 0 Å². The first-order valence-corrected chi connectivity index (χ1v) is 5.27. The van der Waals surface area contributed by atoms with Crippen LogP contribution in [-0.2, 0) is 16.1 Å². The molecule has 0 spiro atoms. The van der Waals surface area contributed by atoms with Gasteiger partial charge >= 0.3 is 5.97 Å². The molecular formula is C13H17NO2. The van der Waals surface area contributed by atoms with Crippen LogP contribution in [0.15, 0.2) is 42.1 Å². The fourth-order valence-corrected chi connectivity index (χ4v) is 1.07. The summed E-state index contributed by atoms with van der Waals surface area (Å²) in [4.78, 5) is 11.4. The second-order valence-electron chi connectivity index (χ2n) is 3.89. The van der Waals surface area contributed by atoms with Gasteiger partial charge in [-0.3, -0.25) is 0 Å². The lowest BCUT2D eigenvalue weighted by Crippen LogP contribution is -2.10. The Hall–Kier alpha value is -1.77. The van der Waals surface area contributed by atoms with Crippen molar-refractivity contribution in [3.63, 3.8) is 0 Å². The summed E-state index contributed by atoms with van der Waals surface area (Å²) < 4.78 is 5.05. The Morgan fingerprint density at radius 2 is 2.00 bits per heavy atom. The van der Waals surface area contributed by atoms with Crippen molar-refractivity contribution >= 4 is 5.97 Å². The molecular weight excluding hydrogens is 202 g/mol. The highest BCUT2D eigenvalue weighted by molar-refractivity contribution is 5.82. The minimum Gasteiger partial charge on any atom is -0.458 e. The van der Waals surface area contributed by atoms with Gasteiger partial charge in [-0.2, -0.15) is 0 Å². The number of allylic oxidation sites excluding steroid dienone is 1. The number of ether oxygens (including phenoxy) is 1. The maximum absolute atomic E-state index is 11.4. The van der Waals surface area contributed by atoms with E-state index in [1.807, 2.05) is 44.2 Å². The van der Waals surface area contributed by atoms with Crippen molar-refractivity contribution in [3.8, 4) is 0 Å². The van der Waals surface area contributed by atoms with Crippen LogP contribution in [-0.4, -0.2) is 5.97 Å². The largest absolute Gasteiger partial charge is 0.458 e. The molecule has 0 radical (unpaired) electrons. The third-order valence-corrected chi connectivity index (χ3v) is 2.18. The Kier molecular flexibility index (Phi) is 4.58. The summed E-state index contributed by atoms with van der Waals surface area (Å²) >= 11 is 0. The highest BCUT2D eigenvalue weighted by Crippen LogP contribution is 2.04. The molecule has 0 aliphatic carbocycles. The SMILES string of the molecule is CC(C)C(N)=CC(=O)OCc1ccccc1. The summed E-state index contributed by atoms with van der Waals surface area (Å²) in [7, 11) is 0. The predicted octanol–water partition coefficient (Wildman–Crippen LogP) is 2.23. The van der Waals surface area contributed by atoms with E-state index in [-0.39, 0.29) is 12.5 Å². The van der Waals surface area contributed by atoms with E-state index in [1.54, 1.807) is 0 Å². The van der Waals surface area contributed by atoms with Gasteiger partial charge in [-0.15, -0.1) is 0 Å². The Morgan fingerprint density at radius 3 is 2.56 bits per heavy atom. The molecule has 0 aliphatic rings. The van der Waals surface area contributed by atoms with Crippen molar-refractivity contribution in [1.29, 1.82) is 0 Å². The van der Waals surface area contributed by atoms with E-state index < -0.39 is 5.97 Å². The molecule has 0 saturated heterocycles. The lowest BCUT2D eigenvalue weighted by atomic mass is 10.1. The lowest BCUT2D eigenvalue weighted by Gasteiger charge is -2.05. The fourth-order valence-electron chi connectivity index (χ4n) is 1.07. The maximum Gasteiger partial charge on any atom is 0.332 e. The average Bonchev–Trinajstić information content (AvgIpc) is 2.27. The topological polar surface area (TPSA) is 52.3 Å². The third kappa shape index (κ3) is 4.17. The van der Waals surface area contributed by atoms with Gasteiger partial charge in [0.2, 0.25) is 0 Å². The third-order valence-electron chi connectivity index (χ3n) is 2.18. The zero-order chi connectivity index (χ0) is 12.0. The van der Waals surface area contributed by atoms with Crippen molar-refractivity contribution in [2.24, 2.45) is 11.7 Å². The Bertz CT molecular complexity index is 369. The first kappa shape index (κ1) is 12.3. The monoisotopic (exact) mass is 219 g/mol. The zero-order valence-corrected chi connectivity index (χ0v) is 9.64. The molecule has 0 aromatic heterocycles. The first-order chi connectivity index (χ1) is 7.59. The number of nitrogens with two attached hydrogens (primary N) is 1. The Balaban J connectivity index is 2.45. The number of benzene rings is 1. The van der Waals surface area contributed by atoms with Gasteiger partial charge in [0.15, 0.2) is 0 Å². The summed E-state index contributed by atoms with van der Waals surface area (Å²) in [5.41, 5.74) is 7.15. The summed E-state index contributed by atoms with van der Waals surface area (Å²) in [6.07, 6.45) is 1.34. The van der Waals surface area contributed by atoms with E-state index in [1.165, 1.54) is 6.08 Å². The van der Waals surface area contributed by atoms with Gasteiger partial charge in [0.25, 0.3) is 0 Å². The highest BCUT2D eigenvalue weighted by Gasteiger charge is 2.03. The molecule has 86 valence electrons. The molecule has 0 amide bonds. The lowest BCUT2D eigenvalue weighted by molar-refractivity contribution is -0.139. The van der Waals surface area contributed by atoms with E-state index in [0.29, 0.717) is 5.70 Å². The molecule has 1 aromatic rings. The molecule has 3 nitrogen and oxygen atoms in total. The van der Waals surface area contributed by atoms with E-state index in [9.17, 15) is 4.79 Å². The van der Waals surface area contributed by atoms with Gasteiger partial charge in [-0.05, 0) is 11.5 Å². The van der Waals surface area contributed by atoms with Crippen LogP contribution in [0.5, 0.6) is 0 Å². The zero-order valence-electron chi connectivity index (χ0n) is 9.64. The van der Waals surface area contributed by atoms with E-state index in [4.69, 9.17) is 10.5 Å². The van der Waals surface area contributed by atoms with Crippen LogP contribution in [0, 0.1) is 5.92 Å². The van der Waals surface area contributed by atoms with Gasteiger partial charge in [0, 0.05) is 11.8 Å². The van der Waals surface area contributed by atoms with Crippen molar-refractivity contribution in [2.75, 3.05) is 0 Å². The number of esters is 1.